The fraction of sp³-hybridized carbons (Fsp3) is 0.286. The lowest BCUT2D eigenvalue weighted by atomic mass is 10.1. The number of carbonyl (C=O) groups is 1. The number of nitrogens with one attached hydrogen (secondary N) is 3. The Morgan fingerprint density at radius 2 is 1.92 bits per heavy atom. The zero-order chi connectivity index (χ0) is 17.6. The van der Waals surface area contributed by atoms with E-state index >= 15 is 0 Å². The van der Waals surface area contributed by atoms with Crippen LogP contribution in [0.1, 0.15) is 23.1 Å². The van der Waals surface area contributed by atoms with Crippen LogP contribution in [0.25, 0.3) is 10.9 Å². The number of rotatable bonds is 7. The van der Waals surface area contributed by atoms with E-state index in [-0.39, 0.29) is 5.91 Å². The molecule has 1 aromatic heterocycles. The van der Waals surface area contributed by atoms with Crippen LogP contribution in [0.2, 0.25) is 0 Å². The maximum atomic E-state index is 12.1. The van der Waals surface area contributed by atoms with Crippen LogP contribution in [0, 0.1) is 13.8 Å². The van der Waals surface area contributed by atoms with E-state index in [4.69, 9.17) is 0 Å². The lowest BCUT2D eigenvalue weighted by Gasteiger charge is -2.10. The fourth-order valence-corrected chi connectivity index (χ4v) is 2.97. The summed E-state index contributed by atoms with van der Waals surface area (Å²) in [6, 6.07) is 14.4. The van der Waals surface area contributed by atoms with Gasteiger partial charge in [0.25, 0.3) is 0 Å². The van der Waals surface area contributed by atoms with Crippen LogP contribution in [-0.4, -0.2) is 24.0 Å². The van der Waals surface area contributed by atoms with Crippen molar-refractivity contribution < 1.29 is 4.79 Å². The highest BCUT2D eigenvalue weighted by Crippen LogP contribution is 2.18. The van der Waals surface area contributed by atoms with Crippen LogP contribution in [0.15, 0.2) is 48.7 Å². The number of benzene rings is 2. The van der Waals surface area contributed by atoms with Crippen molar-refractivity contribution in [2.75, 3.05) is 18.4 Å². The number of aromatic nitrogens is 1. The summed E-state index contributed by atoms with van der Waals surface area (Å²) in [7, 11) is 0. The summed E-state index contributed by atoms with van der Waals surface area (Å²) in [5.74, 6) is 0.0493. The highest BCUT2D eigenvalue weighted by Gasteiger charge is 2.06. The van der Waals surface area contributed by atoms with Crippen molar-refractivity contribution in [1.29, 1.82) is 0 Å². The molecule has 130 valence electrons. The number of anilines is 1. The van der Waals surface area contributed by atoms with Gasteiger partial charge in [-0.2, -0.15) is 0 Å². The first-order valence-electron chi connectivity index (χ1n) is 8.76. The van der Waals surface area contributed by atoms with Gasteiger partial charge in [-0.25, -0.2) is 0 Å². The van der Waals surface area contributed by atoms with E-state index < -0.39 is 0 Å². The average Bonchev–Trinajstić information content (AvgIpc) is 3.01. The number of fused-ring (bicyclic) bond motifs is 1. The molecular weight excluding hydrogens is 310 g/mol. The number of H-pyrrole nitrogens is 1. The minimum absolute atomic E-state index is 0.0493. The number of amides is 1. The molecule has 0 aliphatic heterocycles. The Hall–Kier alpha value is -2.59. The molecule has 1 heterocycles. The van der Waals surface area contributed by atoms with Gasteiger partial charge in [-0.1, -0.05) is 30.3 Å². The monoisotopic (exact) mass is 335 g/mol. The Bertz CT molecular complexity index is 866. The number of hydrogen-bond donors (Lipinski definition) is 3. The zero-order valence-corrected chi connectivity index (χ0v) is 14.9. The molecule has 3 aromatic rings. The second-order valence-electron chi connectivity index (χ2n) is 6.48. The summed E-state index contributed by atoms with van der Waals surface area (Å²) in [4.78, 5) is 15.4. The quantitative estimate of drug-likeness (QED) is 0.573. The van der Waals surface area contributed by atoms with Crippen molar-refractivity contribution in [3.05, 3.63) is 65.4 Å². The van der Waals surface area contributed by atoms with Crippen molar-refractivity contribution in [2.45, 2.75) is 26.7 Å². The molecule has 0 atom stereocenters. The van der Waals surface area contributed by atoms with Gasteiger partial charge in [0.15, 0.2) is 0 Å². The maximum absolute atomic E-state index is 12.1. The largest absolute Gasteiger partial charge is 0.361 e. The van der Waals surface area contributed by atoms with Gasteiger partial charge in [-0.3, -0.25) is 4.79 Å². The van der Waals surface area contributed by atoms with E-state index in [1.807, 2.05) is 32.0 Å². The van der Waals surface area contributed by atoms with Gasteiger partial charge in [-0.15, -0.1) is 0 Å². The standard InChI is InChI=1S/C21H25N3O/c1-15-7-8-16(2)20(13-15)24-21(25)10-12-22-11-9-17-14-23-19-6-4-3-5-18(17)19/h3-8,13-14,22-23H,9-12H2,1-2H3,(H,24,25). The molecular formula is C21H25N3O. The molecule has 0 saturated carbocycles. The van der Waals surface area contributed by atoms with E-state index in [1.165, 1.54) is 16.5 Å². The van der Waals surface area contributed by atoms with Crippen LogP contribution in [0.5, 0.6) is 0 Å². The third-order valence-electron chi connectivity index (χ3n) is 4.44. The van der Waals surface area contributed by atoms with Gasteiger partial charge in [0.1, 0.15) is 0 Å². The van der Waals surface area contributed by atoms with Gasteiger partial charge in [0, 0.05) is 35.8 Å². The number of carbonyl (C=O) groups excluding carboxylic acids is 1. The Morgan fingerprint density at radius 1 is 1.08 bits per heavy atom. The van der Waals surface area contributed by atoms with Crippen LogP contribution in [-0.2, 0) is 11.2 Å². The van der Waals surface area contributed by atoms with Crippen molar-refractivity contribution in [2.24, 2.45) is 0 Å². The highest BCUT2D eigenvalue weighted by molar-refractivity contribution is 5.91. The first kappa shape index (κ1) is 17.2. The van der Waals surface area contributed by atoms with E-state index in [2.05, 4.69) is 46.1 Å². The normalized spacial score (nSPS) is 11.0. The lowest BCUT2D eigenvalue weighted by molar-refractivity contribution is -0.116. The molecule has 0 unspecified atom stereocenters. The summed E-state index contributed by atoms with van der Waals surface area (Å²) < 4.78 is 0. The summed E-state index contributed by atoms with van der Waals surface area (Å²) >= 11 is 0. The van der Waals surface area contributed by atoms with Crippen LogP contribution < -0.4 is 10.6 Å². The molecule has 1 amide bonds. The molecule has 25 heavy (non-hydrogen) atoms. The molecule has 3 N–H and O–H groups in total. The second-order valence-corrected chi connectivity index (χ2v) is 6.48. The molecule has 0 aliphatic rings. The first-order chi connectivity index (χ1) is 12.1. The Balaban J connectivity index is 1.41. The van der Waals surface area contributed by atoms with Gasteiger partial charge >= 0.3 is 0 Å². The number of aryl methyl sites for hydroxylation is 2. The van der Waals surface area contributed by atoms with E-state index in [1.54, 1.807) is 0 Å². The molecule has 0 radical (unpaired) electrons. The molecule has 4 nitrogen and oxygen atoms in total. The van der Waals surface area contributed by atoms with Crippen molar-refractivity contribution in [3.63, 3.8) is 0 Å². The van der Waals surface area contributed by atoms with Gasteiger partial charge in [0.2, 0.25) is 5.91 Å². The molecule has 0 fully saturated rings. The molecule has 0 saturated heterocycles. The SMILES string of the molecule is Cc1ccc(C)c(NC(=O)CCNCCc2c[nH]c3ccccc23)c1. The lowest BCUT2D eigenvalue weighted by Crippen LogP contribution is -2.23. The predicted molar refractivity (Wildman–Crippen MR) is 104 cm³/mol. The van der Waals surface area contributed by atoms with E-state index in [0.717, 1.165) is 29.8 Å². The molecule has 0 spiro atoms. The van der Waals surface area contributed by atoms with Crippen molar-refractivity contribution in [3.8, 4) is 0 Å². The second kappa shape index (κ2) is 7.99. The van der Waals surface area contributed by atoms with Gasteiger partial charge in [-0.05, 0) is 55.6 Å². The number of aromatic amines is 1. The minimum atomic E-state index is 0.0493. The topological polar surface area (TPSA) is 56.9 Å². The van der Waals surface area contributed by atoms with E-state index in [0.29, 0.717) is 13.0 Å². The zero-order valence-electron chi connectivity index (χ0n) is 14.9. The highest BCUT2D eigenvalue weighted by atomic mass is 16.1. The maximum Gasteiger partial charge on any atom is 0.225 e. The summed E-state index contributed by atoms with van der Waals surface area (Å²) in [5, 5.41) is 7.63. The molecule has 4 heteroatoms. The van der Waals surface area contributed by atoms with Gasteiger partial charge < -0.3 is 15.6 Å². The van der Waals surface area contributed by atoms with Crippen LogP contribution in [0.3, 0.4) is 0 Å². The number of para-hydroxylation sites is 1. The summed E-state index contributed by atoms with van der Waals surface area (Å²) in [5.41, 5.74) is 5.63. The van der Waals surface area contributed by atoms with E-state index in [9.17, 15) is 4.79 Å². The Morgan fingerprint density at radius 3 is 2.80 bits per heavy atom. The Labute approximate surface area is 148 Å². The smallest absolute Gasteiger partial charge is 0.225 e. The summed E-state index contributed by atoms with van der Waals surface area (Å²) in [6.07, 6.45) is 3.49. The third-order valence-corrected chi connectivity index (χ3v) is 4.44. The van der Waals surface area contributed by atoms with Crippen molar-refractivity contribution >= 4 is 22.5 Å². The minimum Gasteiger partial charge on any atom is -0.361 e. The molecule has 0 bridgehead atoms. The first-order valence-corrected chi connectivity index (χ1v) is 8.76. The molecule has 3 rings (SSSR count). The van der Waals surface area contributed by atoms with Crippen molar-refractivity contribution in [1.82, 2.24) is 10.3 Å². The van der Waals surface area contributed by atoms with Gasteiger partial charge in [0.05, 0.1) is 0 Å². The number of hydrogen-bond acceptors (Lipinski definition) is 2. The predicted octanol–water partition coefficient (Wildman–Crippen LogP) is 3.95. The molecule has 0 aliphatic carbocycles. The third kappa shape index (κ3) is 4.48. The van der Waals surface area contributed by atoms with Crippen LogP contribution in [0.4, 0.5) is 5.69 Å². The average molecular weight is 335 g/mol. The van der Waals surface area contributed by atoms with Crippen LogP contribution >= 0.6 is 0 Å². The molecule has 2 aromatic carbocycles. The fourth-order valence-electron chi connectivity index (χ4n) is 2.97. The summed E-state index contributed by atoms with van der Waals surface area (Å²) in [6.45, 7) is 5.58. The Kier molecular flexibility index (Phi) is 5.51.